The molecule has 3 heteroatoms. The third-order valence-corrected chi connectivity index (χ3v) is 2.99. The Morgan fingerprint density at radius 3 is 2.53 bits per heavy atom. The molecule has 1 unspecified atom stereocenters. The lowest BCUT2D eigenvalue weighted by molar-refractivity contribution is -0.121. The first-order valence-corrected chi connectivity index (χ1v) is 5.88. The van der Waals surface area contributed by atoms with Gasteiger partial charge in [0.05, 0.1) is 0 Å². The van der Waals surface area contributed by atoms with Crippen molar-refractivity contribution in [3.63, 3.8) is 0 Å². The Kier molecular flexibility index (Phi) is 6.57. The van der Waals surface area contributed by atoms with Crippen LogP contribution in [0.1, 0.15) is 47.0 Å². The van der Waals surface area contributed by atoms with E-state index in [-0.39, 0.29) is 11.3 Å². The van der Waals surface area contributed by atoms with Gasteiger partial charge in [-0.1, -0.05) is 27.7 Å². The number of carbonyl (C=O) groups excluding carboxylic acids is 1. The van der Waals surface area contributed by atoms with Crippen molar-refractivity contribution in [2.75, 3.05) is 13.1 Å². The number of carbonyl (C=O) groups is 1. The molecular weight excluding hydrogens is 188 g/mol. The van der Waals surface area contributed by atoms with Crippen LogP contribution in [0.15, 0.2) is 0 Å². The first kappa shape index (κ1) is 14.4. The molecule has 0 radical (unpaired) electrons. The highest BCUT2D eigenvalue weighted by Gasteiger charge is 2.16. The molecule has 0 bridgehead atoms. The fourth-order valence-electron chi connectivity index (χ4n) is 1.05. The molecular formula is C12H26N2O. The molecule has 0 spiro atoms. The van der Waals surface area contributed by atoms with Crippen LogP contribution in [0.5, 0.6) is 0 Å². The predicted octanol–water partition coefficient (Wildman–Crippen LogP) is 1.91. The van der Waals surface area contributed by atoms with E-state index in [1.165, 1.54) is 0 Å². The maximum absolute atomic E-state index is 11.5. The van der Waals surface area contributed by atoms with Crippen molar-refractivity contribution in [2.24, 2.45) is 17.1 Å². The van der Waals surface area contributed by atoms with Gasteiger partial charge in [-0.2, -0.15) is 0 Å². The summed E-state index contributed by atoms with van der Waals surface area (Å²) >= 11 is 0. The summed E-state index contributed by atoms with van der Waals surface area (Å²) in [5.41, 5.74) is 5.69. The van der Waals surface area contributed by atoms with Gasteiger partial charge in [-0.15, -0.1) is 0 Å². The van der Waals surface area contributed by atoms with Gasteiger partial charge in [-0.05, 0) is 30.7 Å². The largest absolute Gasteiger partial charge is 0.356 e. The van der Waals surface area contributed by atoms with Gasteiger partial charge in [0.25, 0.3) is 0 Å². The first-order chi connectivity index (χ1) is 6.91. The molecule has 0 aliphatic heterocycles. The average Bonchev–Trinajstić information content (AvgIpc) is 2.23. The Morgan fingerprint density at radius 2 is 2.07 bits per heavy atom. The standard InChI is InChI=1S/C12H26N2O/c1-5-12(3,4)9-14-11(15)7-6-10(2)8-13/h10H,5-9,13H2,1-4H3,(H,14,15). The van der Waals surface area contributed by atoms with E-state index < -0.39 is 0 Å². The minimum absolute atomic E-state index is 0.150. The molecule has 0 aromatic carbocycles. The van der Waals surface area contributed by atoms with Crippen molar-refractivity contribution in [3.8, 4) is 0 Å². The molecule has 1 atom stereocenters. The Hall–Kier alpha value is -0.570. The van der Waals surface area contributed by atoms with Crippen LogP contribution in [0.4, 0.5) is 0 Å². The van der Waals surface area contributed by atoms with Gasteiger partial charge < -0.3 is 11.1 Å². The van der Waals surface area contributed by atoms with Gasteiger partial charge >= 0.3 is 0 Å². The average molecular weight is 214 g/mol. The van der Waals surface area contributed by atoms with Crippen molar-refractivity contribution < 1.29 is 4.79 Å². The number of nitrogens with one attached hydrogen (secondary N) is 1. The molecule has 3 N–H and O–H groups in total. The van der Waals surface area contributed by atoms with Crippen LogP contribution in [0, 0.1) is 11.3 Å². The predicted molar refractivity (Wildman–Crippen MR) is 64.5 cm³/mol. The molecule has 0 rings (SSSR count). The zero-order valence-corrected chi connectivity index (χ0v) is 10.6. The zero-order valence-electron chi connectivity index (χ0n) is 10.6. The first-order valence-electron chi connectivity index (χ1n) is 5.88. The summed E-state index contributed by atoms with van der Waals surface area (Å²) in [6.07, 6.45) is 2.56. The Morgan fingerprint density at radius 1 is 1.47 bits per heavy atom. The summed E-state index contributed by atoms with van der Waals surface area (Å²) in [6.45, 7) is 9.96. The highest BCUT2D eigenvalue weighted by atomic mass is 16.1. The number of hydrogen-bond acceptors (Lipinski definition) is 2. The Balaban J connectivity index is 3.67. The van der Waals surface area contributed by atoms with Crippen LogP contribution in [-0.2, 0) is 4.79 Å². The summed E-state index contributed by atoms with van der Waals surface area (Å²) in [4.78, 5) is 11.5. The topological polar surface area (TPSA) is 55.1 Å². The molecule has 0 heterocycles. The molecule has 0 aliphatic rings. The maximum atomic E-state index is 11.5. The monoisotopic (exact) mass is 214 g/mol. The lowest BCUT2D eigenvalue weighted by Crippen LogP contribution is -2.33. The molecule has 0 saturated heterocycles. The zero-order chi connectivity index (χ0) is 11.9. The van der Waals surface area contributed by atoms with Crippen molar-refractivity contribution in [1.82, 2.24) is 5.32 Å². The number of rotatable bonds is 7. The number of amides is 1. The lowest BCUT2D eigenvalue weighted by atomic mass is 9.90. The minimum Gasteiger partial charge on any atom is -0.356 e. The summed E-state index contributed by atoms with van der Waals surface area (Å²) in [5.74, 6) is 0.590. The minimum atomic E-state index is 0.150. The van der Waals surface area contributed by atoms with Gasteiger partial charge in [-0.25, -0.2) is 0 Å². The second kappa shape index (κ2) is 6.83. The third-order valence-electron chi connectivity index (χ3n) is 2.99. The SMILES string of the molecule is CCC(C)(C)CNC(=O)CCC(C)CN. The van der Waals surface area contributed by atoms with Crippen LogP contribution >= 0.6 is 0 Å². The van der Waals surface area contributed by atoms with Crippen molar-refractivity contribution in [2.45, 2.75) is 47.0 Å². The molecule has 0 aromatic heterocycles. The van der Waals surface area contributed by atoms with E-state index in [1.807, 2.05) is 0 Å². The molecule has 0 aromatic rings. The van der Waals surface area contributed by atoms with Crippen molar-refractivity contribution in [1.29, 1.82) is 0 Å². The molecule has 0 aliphatic carbocycles. The molecule has 1 amide bonds. The van der Waals surface area contributed by atoms with E-state index in [0.29, 0.717) is 18.9 Å². The second-order valence-corrected chi connectivity index (χ2v) is 5.17. The van der Waals surface area contributed by atoms with Crippen molar-refractivity contribution in [3.05, 3.63) is 0 Å². The number of hydrogen-bond donors (Lipinski definition) is 2. The molecule has 90 valence electrons. The summed E-state index contributed by atoms with van der Waals surface area (Å²) < 4.78 is 0. The Labute approximate surface area is 93.8 Å². The highest BCUT2D eigenvalue weighted by Crippen LogP contribution is 2.17. The Bertz CT molecular complexity index is 190. The fraction of sp³-hybridized carbons (Fsp3) is 0.917. The van der Waals surface area contributed by atoms with Gasteiger partial charge in [0, 0.05) is 13.0 Å². The van der Waals surface area contributed by atoms with E-state index in [2.05, 4.69) is 33.0 Å². The lowest BCUT2D eigenvalue weighted by Gasteiger charge is -2.23. The van der Waals surface area contributed by atoms with Crippen LogP contribution in [0.2, 0.25) is 0 Å². The normalized spacial score (nSPS) is 13.7. The van der Waals surface area contributed by atoms with Crippen molar-refractivity contribution >= 4 is 5.91 Å². The van der Waals surface area contributed by atoms with E-state index >= 15 is 0 Å². The van der Waals surface area contributed by atoms with E-state index in [1.54, 1.807) is 0 Å². The van der Waals surface area contributed by atoms with Gasteiger partial charge in [-0.3, -0.25) is 4.79 Å². The molecule has 0 saturated carbocycles. The van der Waals surface area contributed by atoms with E-state index in [9.17, 15) is 4.79 Å². The summed E-state index contributed by atoms with van der Waals surface area (Å²) in [5, 5.41) is 2.97. The number of nitrogens with two attached hydrogens (primary N) is 1. The smallest absolute Gasteiger partial charge is 0.220 e. The van der Waals surface area contributed by atoms with E-state index in [0.717, 1.165) is 19.4 Å². The quantitative estimate of drug-likeness (QED) is 0.680. The van der Waals surface area contributed by atoms with Gasteiger partial charge in [0.1, 0.15) is 0 Å². The molecule has 0 fully saturated rings. The second-order valence-electron chi connectivity index (χ2n) is 5.17. The molecule has 3 nitrogen and oxygen atoms in total. The van der Waals surface area contributed by atoms with Crippen LogP contribution in [0.3, 0.4) is 0 Å². The fourth-order valence-corrected chi connectivity index (χ4v) is 1.05. The third kappa shape index (κ3) is 7.37. The summed E-state index contributed by atoms with van der Waals surface area (Å²) in [6, 6.07) is 0. The highest BCUT2D eigenvalue weighted by molar-refractivity contribution is 5.75. The van der Waals surface area contributed by atoms with E-state index in [4.69, 9.17) is 5.73 Å². The molecule has 15 heavy (non-hydrogen) atoms. The van der Waals surface area contributed by atoms with Gasteiger partial charge in [0.2, 0.25) is 5.91 Å². The summed E-state index contributed by atoms with van der Waals surface area (Å²) in [7, 11) is 0. The maximum Gasteiger partial charge on any atom is 0.220 e. The van der Waals surface area contributed by atoms with Crippen LogP contribution in [0.25, 0.3) is 0 Å². The van der Waals surface area contributed by atoms with Crippen LogP contribution in [-0.4, -0.2) is 19.0 Å². The van der Waals surface area contributed by atoms with Gasteiger partial charge in [0.15, 0.2) is 0 Å². The van der Waals surface area contributed by atoms with Crippen LogP contribution < -0.4 is 11.1 Å².